The van der Waals surface area contributed by atoms with Crippen molar-refractivity contribution in [2.75, 3.05) is 5.32 Å². The number of para-hydroxylation sites is 1. The van der Waals surface area contributed by atoms with Gasteiger partial charge >= 0.3 is 0 Å². The topological polar surface area (TPSA) is 34.1 Å². The molecule has 0 amide bonds. The van der Waals surface area contributed by atoms with Crippen LogP contribution in [0.3, 0.4) is 0 Å². The highest BCUT2D eigenvalue weighted by Crippen LogP contribution is 2.30. The molecule has 29 heavy (non-hydrogen) atoms. The minimum Gasteiger partial charge on any atom is -0.457 e. The molecule has 0 spiro atoms. The van der Waals surface area contributed by atoms with Gasteiger partial charge in [0.15, 0.2) is 5.13 Å². The van der Waals surface area contributed by atoms with Crippen molar-refractivity contribution in [2.24, 2.45) is 0 Å². The fraction of sp³-hybridized carbons (Fsp3) is 0. The number of anilines is 2. The molecular formula is C25H18N2OS. The van der Waals surface area contributed by atoms with Gasteiger partial charge in [-0.25, -0.2) is 4.98 Å². The average molecular weight is 394 g/mol. The lowest BCUT2D eigenvalue weighted by atomic mass is 10.1. The highest BCUT2D eigenvalue weighted by molar-refractivity contribution is 7.14. The zero-order valence-electron chi connectivity index (χ0n) is 15.6. The molecule has 5 aromatic rings. The van der Waals surface area contributed by atoms with E-state index in [-0.39, 0.29) is 0 Å². The molecule has 0 radical (unpaired) electrons. The van der Waals surface area contributed by atoms with Crippen LogP contribution in [0.1, 0.15) is 0 Å². The van der Waals surface area contributed by atoms with Gasteiger partial charge in [0.25, 0.3) is 0 Å². The molecule has 0 atom stereocenters. The highest BCUT2D eigenvalue weighted by atomic mass is 32.1. The minimum atomic E-state index is 0.803. The Bertz CT molecular complexity index is 1250. The summed E-state index contributed by atoms with van der Waals surface area (Å²) in [6.45, 7) is 0. The molecule has 0 aliphatic carbocycles. The van der Waals surface area contributed by atoms with Crippen molar-refractivity contribution in [2.45, 2.75) is 0 Å². The van der Waals surface area contributed by atoms with Crippen LogP contribution in [0.5, 0.6) is 11.5 Å². The Balaban J connectivity index is 1.30. The maximum Gasteiger partial charge on any atom is 0.187 e. The van der Waals surface area contributed by atoms with Crippen LogP contribution in [0.25, 0.3) is 22.0 Å². The van der Waals surface area contributed by atoms with E-state index in [4.69, 9.17) is 9.72 Å². The Labute approximate surface area is 173 Å². The van der Waals surface area contributed by atoms with E-state index in [1.807, 2.05) is 54.6 Å². The first-order valence-corrected chi connectivity index (χ1v) is 10.3. The van der Waals surface area contributed by atoms with Gasteiger partial charge in [0.05, 0.1) is 5.69 Å². The fourth-order valence-electron chi connectivity index (χ4n) is 3.17. The summed E-state index contributed by atoms with van der Waals surface area (Å²) >= 11 is 1.60. The van der Waals surface area contributed by atoms with Gasteiger partial charge in [-0.2, -0.15) is 0 Å². The van der Waals surface area contributed by atoms with E-state index in [9.17, 15) is 0 Å². The first-order chi connectivity index (χ1) is 14.3. The van der Waals surface area contributed by atoms with E-state index in [2.05, 4.69) is 53.2 Å². The smallest absolute Gasteiger partial charge is 0.187 e. The first kappa shape index (κ1) is 17.5. The van der Waals surface area contributed by atoms with Crippen molar-refractivity contribution in [3.05, 3.63) is 102 Å². The Morgan fingerprint density at radius 1 is 0.690 bits per heavy atom. The van der Waals surface area contributed by atoms with Crippen LogP contribution in [0.2, 0.25) is 0 Å². The molecule has 1 aromatic heterocycles. The number of benzene rings is 4. The van der Waals surface area contributed by atoms with Crippen LogP contribution in [0.15, 0.2) is 102 Å². The number of ether oxygens (including phenoxy) is 1. The van der Waals surface area contributed by atoms with Crippen molar-refractivity contribution in [3.63, 3.8) is 0 Å². The zero-order chi connectivity index (χ0) is 19.5. The second-order valence-electron chi connectivity index (χ2n) is 6.66. The molecule has 0 saturated carbocycles. The molecule has 140 valence electrons. The predicted molar refractivity (Wildman–Crippen MR) is 121 cm³/mol. The maximum absolute atomic E-state index is 5.84. The Kier molecular flexibility index (Phi) is 4.68. The van der Waals surface area contributed by atoms with Crippen LogP contribution in [0.4, 0.5) is 10.8 Å². The van der Waals surface area contributed by atoms with E-state index in [0.717, 1.165) is 33.6 Å². The summed E-state index contributed by atoms with van der Waals surface area (Å²) in [5.74, 6) is 1.63. The lowest BCUT2D eigenvalue weighted by Gasteiger charge is -2.07. The lowest BCUT2D eigenvalue weighted by Crippen LogP contribution is -1.90. The number of aromatic nitrogens is 1. The van der Waals surface area contributed by atoms with E-state index < -0.39 is 0 Å². The number of hydrogen-bond donors (Lipinski definition) is 1. The number of nitrogens with zero attached hydrogens (tertiary/aromatic N) is 1. The van der Waals surface area contributed by atoms with Crippen molar-refractivity contribution < 1.29 is 4.74 Å². The van der Waals surface area contributed by atoms with Gasteiger partial charge in [-0.05, 0) is 53.2 Å². The summed E-state index contributed by atoms with van der Waals surface area (Å²) in [6.07, 6.45) is 0. The Hall–Kier alpha value is -3.63. The Morgan fingerprint density at radius 2 is 1.41 bits per heavy atom. The number of nitrogens with one attached hydrogen (secondary N) is 1. The van der Waals surface area contributed by atoms with Crippen molar-refractivity contribution in [1.29, 1.82) is 0 Å². The molecule has 4 heteroatoms. The summed E-state index contributed by atoms with van der Waals surface area (Å²) in [6, 6.07) is 32.5. The molecule has 4 aromatic carbocycles. The lowest BCUT2D eigenvalue weighted by molar-refractivity contribution is 0.483. The SMILES string of the molecule is c1ccc(Oc2ccc(Nc3nc(-c4ccc5ccccc5c4)cs3)cc2)cc1. The molecule has 1 N–H and O–H groups in total. The number of fused-ring (bicyclic) bond motifs is 1. The monoisotopic (exact) mass is 394 g/mol. The van der Waals surface area contributed by atoms with E-state index in [0.29, 0.717) is 0 Å². The van der Waals surface area contributed by atoms with E-state index >= 15 is 0 Å². The second-order valence-corrected chi connectivity index (χ2v) is 7.52. The third-order valence-electron chi connectivity index (χ3n) is 4.63. The summed E-state index contributed by atoms with van der Waals surface area (Å²) in [5, 5.41) is 8.78. The second kappa shape index (κ2) is 7.78. The quantitative estimate of drug-likeness (QED) is 0.335. The molecule has 3 nitrogen and oxygen atoms in total. The molecule has 0 aliphatic heterocycles. The average Bonchev–Trinajstić information content (AvgIpc) is 3.24. The normalized spacial score (nSPS) is 10.8. The first-order valence-electron chi connectivity index (χ1n) is 9.38. The van der Waals surface area contributed by atoms with Gasteiger partial charge in [0.2, 0.25) is 0 Å². The van der Waals surface area contributed by atoms with Crippen LogP contribution >= 0.6 is 11.3 Å². The molecule has 1 heterocycles. The Morgan fingerprint density at radius 3 is 2.24 bits per heavy atom. The van der Waals surface area contributed by atoms with Gasteiger partial charge in [-0.3, -0.25) is 0 Å². The molecule has 0 fully saturated rings. The van der Waals surface area contributed by atoms with Crippen molar-refractivity contribution in [1.82, 2.24) is 4.98 Å². The highest BCUT2D eigenvalue weighted by Gasteiger charge is 2.06. The molecule has 0 bridgehead atoms. The summed E-state index contributed by atoms with van der Waals surface area (Å²) in [5.41, 5.74) is 3.08. The summed E-state index contributed by atoms with van der Waals surface area (Å²) in [7, 11) is 0. The summed E-state index contributed by atoms with van der Waals surface area (Å²) in [4.78, 5) is 4.75. The van der Waals surface area contributed by atoms with Crippen molar-refractivity contribution in [3.8, 4) is 22.8 Å². The van der Waals surface area contributed by atoms with Gasteiger partial charge < -0.3 is 10.1 Å². The van der Waals surface area contributed by atoms with Crippen LogP contribution in [-0.2, 0) is 0 Å². The summed E-state index contributed by atoms with van der Waals surface area (Å²) < 4.78 is 5.84. The van der Waals surface area contributed by atoms with Crippen LogP contribution < -0.4 is 10.1 Å². The molecule has 0 unspecified atom stereocenters. The van der Waals surface area contributed by atoms with E-state index in [1.165, 1.54) is 10.8 Å². The standard InChI is InChI=1S/C25H18N2OS/c1-2-8-22(9-3-1)28-23-14-12-21(13-15-23)26-25-27-24(17-29-25)20-11-10-18-6-4-5-7-19(18)16-20/h1-17H,(H,26,27). The van der Waals surface area contributed by atoms with Gasteiger partial charge in [-0.15, -0.1) is 11.3 Å². The third kappa shape index (κ3) is 3.98. The number of hydrogen-bond acceptors (Lipinski definition) is 4. The number of thiazole rings is 1. The largest absolute Gasteiger partial charge is 0.457 e. The van der Waals surface area contributed by atoms with Gasteiger partial charge in [-0.1, -0.05) is 54.6 Å². The van der Waals surface area contributed by atoms with Crippen LogP contribution in [0, 0.1) is 0 Å². The molecule has 5 rings (SSSR count). The minimum absolute atomic E-state index is 0.803. The molecular weight excluding hydrogens is 376 g/mol. The molecule has 0 saturated heterocycles. The number of rotatable bonds is 5. The third-order valence-corrected chi connectivity index (χ3v) is 5.39. The van der Waals surface area contributed by atoms with Gasteiger partial charge in [0.1, 0.15) is 11.5 Å². The van der Waals surface area contributed by atoms with Gasteiger partial charge in [0, 0.05) is 16.6 Å². The van der Waals surface area contributed by atoms with Crippen LogP contribution in [-0.4, -0.2) is 4.98 Å². The van der Waals surface area contributed by atoms with E-state index in [1.54, 1.807) is 11.3 Å². The predicted octanol–water partition coefficient (Wildman–Crippen LogP) is 7.50. The van der Waals surface area contributed by atoms with Crippen molar-refractivity contribution >= 4 is 32.9 Å². The fourth-order valence-corrected chi connectivity index (χ4v) is 3.91. The molecule has 0 aliphatic rings. The zero-order valence-corrected chi connectivity index (χ0v) is 16.4. The maximum atomic E-state index is 5.84.